The van der Waals surface area contributed by atoms with Crippen LogP contribution in [-0.2, 0) is 4.74 Å². The molecule has 1 amide bonds. The highest BCUT2D eigenvalue weighted by Gasteiger charge is 2.16. The molecule has 0 atom stereocenters. The fourth-order valence-corrected chi connectivity index (χ4v) is 3.80. The van der Waals surface area contributed by atoms with Crippen LogP contribution in [0.1, 0.15) is 34.1 Å². The molecule has 3 aromatic carbocycles. The number of hydrogen-bond acceptors (Lipinski definition) is 8. The molecule has 0 unspecified atom stereocenters. The molecule has 1 aromatic heterocycles. The van der Waals surface area contributed by atoms with Crippen molar-refractivity contribution >= 4 is 34.4 Å². The van der Waals surface area contributed by atoms with Crippen LogP contribution in [0.25, 0.3) is 22.2 Å². The molecular weight excluding hydrogens is 472 g/mol. The highest BCUT2D eigenvalue weighted by Crippen LogP contribution is 2.36. The largest absolute Gasteiger partial charge is 0.493 e. The van der Waals surface area contributed by atoms with Crippen molar-refractivity contribution < 1.29 is 23.8 Å². The van der Waals surface area contributed by atoms with Gasteiger partial charge in [0.25, 0.3) is 5.91 Å². The van der Waals surface area contributed by atoms with E-state index in [1.807, 2.05) is 31.2 Å². The lowest BCUT2D eigenvalue weighted by Gasteiger charge is -2.13. The Bertz CT molecular complexity index is 1450. The van der Waals surface area contributed by atoms with Gasteiger partial charge in [0.2, 0.25) is 5.95 Å². The summed E-state index contributed by atoms with van der Waals surface area (Å²) in [4.78, 5) is 34.4. The molecule has 0 radical (unpaired) electrons. The number of esters is 1. The predicted molar refractivity (Wildman–Crippen MR) is 143 cm³/mol. The van der Waals surface area contributed by atoms with Crippen molar-refractivity contribution in [3.05, 3.63) is 71.8 Å². The third-order valence-corrected chi connectivity index (χ3v) is 5.62. The Morgan fingerprint density at radius 3 is 2.35 bits per heavy atom. The second-order valence-corrected chi connectivity index (χ2v) is 8.12. The number of aromatic nitrogens is 2. The number of ether oxygens (including phenoxy) is 3. The summed E-state index contributed by atoms with van der Waals surface area (Å²) in [5.41, 5.74) is 3.34. The van der Waals surface area contributed by atoms with Crippen LogP contribution in [0.2, 0.25) is 0 Å². The summed E-state index contributed by atoms with van der Waals surface area (Å²) in [7, 11) is 4.89. The summed E-state index contributed by atoms with van der Waals surface area (Å²) in [6.45, 7) is 2.25. The Morgan fingerprint density at radius 1 is 0.892 bits per heavy atom. The van der Waals surface area contributed by atoms with Crippen molar-refractivity contribution in [2.24, 2.45) is 0 Å². The predicted octanol–water partition coefficient (Wildman–Crippen LogP) is 5.17. The van der Waals surface area contributed by atoms with Gasteiger partial charge in [-0.15, -0.1) is 0 Å². The number of carbonyl (C=O) groups excluding carboxylic acids is 2. The Hall–Kier alpha value is -4.66. The van der Waals surface area contributed by atoms with Gasteiger partial charge in [-0.05, 0) is 42.8 Å². The lowest BCUT2D eigenvalue weighted by atomic mass is 10.0. The van der Waals surface area contributed by atoms with E-state index in [1.54, 1.807) is 51.6 Å². The van der Waals surface area contributed by atoms with Gasteiger partial charge in [-0.25, -0.2) is 14.8 Å². The van der Waals surface area contributed by atoms with Crippen molar-refractivity contribution in [1.82, 2.24) is 9.97 Å². The van der Waals surface area contributed by atoms with E-state index in [2.05, 4.69) is 20.6 Å². The van der Waals surface area contributed by atoms with E-state index < -0.39 is 5.97 Å². The molecule has 4 aromatic rings. The molecule has 0 aliphatic rings. The van der Waals surface area contributed by atoms with E-state index in [9.17, 15) is 9.59 Å². The van der Waals surface area contributed by atoms with Gasteiger partial charge in [-0.3, -0.25) is 4.79 Å². The summed E-state index contributed by atoms with van der Waals surface area (Å²) in [5.74, 6) is 0.747. The second kappa shape index (κ2) is 11.4. The Morgan fingerprint density at radius 2 is 1.62 bits per heavy atom. The lowest BCUT2D eigenvalue weighted by molar-refractivity contribution is 0.0505. The number of hydrogen-bond donors (Lipinski definition) is 2. The molecular formula is C28H28N4O5. The molecule has 0 saturated heterocycles. The first-order valence-electron chi connectivity index (χ1n) is 11.8. The van der Waals surface area contributed by atoms with Crippen LogP contribution in [0.4, 0.5) is 11.6 Å². The highest BCUT2D eigenvalue weighted by molar-refractivity contribution is 6.06. The second-order valence-electron chi connectivity index (χ2n) is 8.12. The lowest BCUT2D eigenvalue weighted by Crippen LogP contribution is -2.13. The molecule has 0 aliphatic heterocycles. The van der Waals surface area contributed by atoms with Gasteiger partial charge in [-0.1, -0.05) is 25.1 Å². The Balaban J connectivity index is 1.67. The van der Waals surface area contributed by atoms with Crippen molar-refractivity contribution in [1.29, 1.82) is 0 Å². The van der Waals surface area contributed by atoms with Gasteiger partial charge in [0, 0.05) is 35.3 Å². The minimum atomic E-state index is -0.457. The van der Waals surface area contributed by atoms with Crippen LogP contribution in [0, 0.1) is 0 Å². The fourth-order valence-electron chi connectivity index (χ4n) is 3.80. The minimum Gasteiger partial charge on any atom is -0.493 e. The molecule has 1 heterocycles. The summed E-state index contributed by atoms with van der Waals surface area (Å²) < 4.78 is 16.1. The van der Waals surface area contributed by atoms with Crippen molar-refractivity contribution in [3.63, 3.8) is 0 Å². The summed E-state index contributed by atoms with van der Waals surface area (Å²) in [6.07, 6.45) is 0.722. The molecule has 0 bridgehead atoms. The molecule has 9 nitrogen and oxygen atoms in total. The maximum Gasteiger partial charge on any atom is 0.338 e. The molecule has 2 N–H and O–H groups in total. The smallest absolute Gasteiger partial charge is 0.338 e. The quantitative estimate of drug-likeness (QED) is 0.303. The van der Waals surface area contributed by atoms with Gasteiger partial charge in [0.05, 0.1) is 37.6 Å². The summed E-state index contributed by atoms with van der Waals surface area (Å²) >= 11 is 0. The van der Waals surface area contributed by atoms with Crippen LogP contribution >= 0.6 is 0 Å². The third kappa shape index (κ3) is 5.61. The van der Waals surface area contributed by atoms with Crippen LogP contribution in [0.15, 0.2) is 60.7 Å². The van der Waals surface area contributed by atoms with Gasteiger partial charge < -0.3 is 24.8 Å². The number of nitrogens with one attached hydrogen (secondary N) is 2. The van der Waals surface area contributed by atoms with E-state index in [1.165, 1.54) is 6.07 Å². The molecule has 37 heavy (non-hydrogen) atoms. The van der Waals surface area contributed by atoms with Crippen LogP contribution in [0.5, 0.6) is 11.5 Å². The van der Waals surface area contributed by atoms with Gasteiger partial charge in [0.15, 0.2) is 11.5 Å². The molecule has 4 rings (SSSR count). The first-order valence-corrected chi connectivity index (χ1v) is 11.8. The minimum absolute atomic E-state index is 0.325. The monoisotopic (exact) mass is 500 g/mol. The summed E-state index contributed by atoms with van der Waals surface area (Å²) in [6, 6.07) is 17.4. The maximum atomic E-state index is 13.0. The number of methoxy groups -OCH3 is 2. The standard InChI is InChI=1S/C28H28N4O5/c1-5-12-37-27(34)19-10-6-9-18(13-19)26(33)30-20-11-7-8-17(14-20)25-21-15-23(35-3)24(36-4)16-22(21)31-28(29-2)32-25/h6-11,13-16H,5,12H2,1-4H3,(H,30,33)(H,29,31,32). The van der Waals surface area contributed by atoms with E-state index in [4.69, 9.17) is 14.2 Å². The Labute approximate surface area is 214 Å². The number of amides is 1. The average Bonchev–Trinajstić information content (AvgIpc) is 2.94. The van der Waals surface area contributed by atoms with Crippen molar-refractivity contribution in [2.75, 3.05) is 38.5 Å². The zero-order valence-electron chi connectivity index (χ0n) is 21.1. The number of anilines is 2. The number of carbonyl (C=O) groups is 2. The van der Waals surface area contributed by atoms with E-state index >= 15 is 0 Å². The number of rotatable bonds is 9. The first kappa shape index (κ1) is 25.4. The van der Waals surface area contributed by atoms with E-state index in [0.717, 1.165) is 17.4 Å². The molecule has 0 saturated carbocycles. The maximum absolute atomic E-state index is 13.0. The number of benzene rings is 3. The Kier molecular flexibility index (Phi) is 7.83. The normalized spacial score (nSPS) is 10.6. The third-order valence-electron chi connectivity index (χ3n) is 5.62. The van der Waals surface area contributed by atoms with Crippen LogP contribution in [-0.4, -0.2) is 49.7 Å². The molecule has 0 aliphatic carbocycles. The van der Waals surface area contributed by atoms with Crippen LogP contribution in [0.3, 0.4) is 0 Å². The number of fused-ring (bicyclic) bond motifs is 1. The SMILES string of the molecule is CCCOC(=O)c1cccc(C(=O)Nc2cccc(-c3nc(NC)nc4cc(OC)c(OC)cc34)c2)c1. The topological polar surface area (TPSA) is 112 Å². The fraction of sp³-hybridized carbons (Fsp3) is 0.214. The van der Waals surface area contributed by atoms with E-state index in [-0.39, 0.29) is 5.91 Å². The van der Waals surface area contributed by atoms with Gasteiger partial charge in [0.1, 0.15) is 0 Å². The molecule has 0 fully saturated rings. The van der Waals surface area contributed by atoms with Gasteiger partial charge >= 0.3 is 5.97 Å². The highest BCUT2D eigenvalue weighted by atomic mass is 16.5. The zero-order chi connectivity index (χ0) is 26.4. The van der Waals surface area contributed by atoms with Crippen molar-refractivity contribution in [2.45, 2.75) is 13.3 Å². The zero-order valence-corrected chi connectivity index (χ0v) is 21.1. The average molecular weight is 501 g/mol. The number of nitrogens with zero attached hydrogens (tertiary/aromatic N) is 2. The van der Waals surface area contributed by atoms with E-state index in [0.29, 0.717) is 52.1 Å². The van der Waals surface area contributed by atoms with Crippen LogP contribution < -0.4 is 20.1 Å². The first-order chi connectivity index (χ1) is 18.0. The summed E-state index contributed by atoms with van der Waals surface area (Å²) in [5, 5.41) is 6.65. The molecule has 190 valence electrons. The molecule has 9 heteroatoms. The van der Waals surface area contributed by atoms with Crippen molar-refractivity contribution in [3.8, 4) is 22.8 Å². The molecule has 0 spiro atoms. The van der Waals surface area contributed by atoms with Gasteiger partial charge in [-0.2, -0.15) is 0 Å².